The lowest BCUT2D eigenvalue weighted by atomic mass is 10.1. The van der Waals surface area contributed by atoms with Crippen LogP contribution in [0.3, 0.4) is 0 Å². The lowest BCUT2D eigenvalue weighted by Gasteiger charge is -2.10. The Morgan fingerprint density at radius 3 is 3.05 bits per heavy atom. The van der Waals surface area contributed by atoms with Crippen LogP contribution in [0, 0.1) is 5.92 Å². The Kier molecular flexibility index (Phi) is 5.09. The summed E-state index contributed by atoms with van der Waals surface area (Å²) in [4.78, 5) is 16.3. The van der Waals surface area contributed by atoms with Crippen LogP contribution in [0.5, 0.6) is 0 Å². The number of anilines is 1. The monoisotopic (exact) mass is 335 g/mol. The summed E-state index contributed by atoms with van der Waals surface area (Å²) in [6.07, 6.45) is 3.01. The summed E-state index contributed by atoms with van der Waals surface area (Å²) in [7, 11) is 0. The van der Waals surface area contributed by atoms with Crippen molar-refractivity contribution in [3.05, 3.63) is 34.9 Å². The summed E-state index contributed by atoms with van der Waals surface area (Å²) in [5, 5.41) is 3.92. The first-order chi connectivity index (χ1) is 9.60. The van der Waals surface area contributed by atoms with Gasteiger partial charge in [-0.3, -0.25) is 9.78 Å². The van der Waals surface area contributed by atoms with Gasteiger partial charge in [-0.05, 0) is 46.9 Å². The Bertz CT molecular complexity index is 615. The van der Waals surface area contributed by atoms with E-state index in [1.165, 1.54) is 0 Å². The molecule has 0 radical (unpaired) electrons. The molecule has 5 heteroatoms. The van der Waals surface area contributed by atoms with Gasteiger partial charge in [0, 0.05) is 22.5 Å². The number of halogens is 1. The quantitative estimate of drug-likeness (QED) is 0.880. The molecule has 0 aliphatic rings. The predicted molar refractivity (Wildman–Crippen MR) is 85.5 cm³/mol. The Hall–Kier alpha value is -1.46. The number of hydrogen-bond donors (Lipinski definition) is 2. The fourth-order valence-corrected chi connectivity index (χ4v) is 2.29. The van der Waals surface area contributed by atoms with E-state index in [4.69, 9.17) is 5.73 Å². The van der Waals surface area contributed by atoms with Gasteiger partial charge in [0.1, 0.15) is 0 Å². The molecular formula is C15H18BrN3O. The molecule has 2 rings (SSSR count). The normalized spacial score (nSPS) is 12.3. The molecule has 1 aromatic heterocycles. The molecule has 0 saturated carbocycles. The molecule has 0 bridgehead atoms. The number of nitrogens with two attached hydrogens (primary N) is 1. The van der Waals surface area contributed by atoms with Crippen LogP contribution in [-0.4, -0.2) is 17.4 Å². The van der Waals surface area contributed by atoms with Gasteiger partial charge in [0.15, 0.2) is 0 Å². The standard InChI is InChI=1S/C15H18BrN3O/c1-10(8-17)5-6-14(20)19-13-4-2-3-11-7-12(16)9-18-15(11)13/h2-4,7,9-10H,5-6,8,17H2,1H3,(H,19,20). The zero-order chi connectivity index (χ0) is 14.5. The maximum Gasteiger partial charge on any atom is 0.224 e. The Balaban J connectivity index is 2.11. The number of nitrogens with zero attached hydrogens (tertiary/aromatic N) is 1. The molecule has 1 amide bonds. The van der Waals surface area contributed by atoms with Crippen molar-refractivity contribution < 1.29 is 4.79 Å². The number of carbonyl (C=O) groups excluding carboxylic acids is 1. The summed E-state index contributed by atoms with van der Waals surface area (Å²) in [6.45, 7) is 2.65. The third-order valence-corrected chi connectivity index (χ3v) is 3.65. The summed E-state index contributed by atoms with van der Waals surface area (Å²) in [5.74, 6) is 0.366. The molecule has 1 unspecified atom stereocenters. The van der Waals surface area contributed by atoms with Gasteiger partial charge in [-0.15, -0.1) is 0 Å². The lowest BCUT2D eigenvalue weighted by Crippen LogP contribution is -2.16. The van der Waals surface area contributed by atoms with E-state index in [9.17, 15) is 4.79 Å². The summed E-state index contributed by atoms with van der Waals surface area (Å²) in [5.41, 5.74) is 7.11. The van der Waals surface area contributed by atoms with E-state index in [1.54, 1.807) is 6.20 Å². The largest absolute Gasteiger partial charge is 0.330 e. The molecule has 1 aromatic carbocycles. The highest BCUT2D eigenvalue weighted by atomic mass is 79.9. The number of rotatable bonds is 5. The number of pyridine rings is 1. The van der Waals surface area contributed by atoms with Crippen molar-refractivity contribution in [2.24, 2.45) is 11.7 Å². The van der Waals surface area contributed by atoms with E-state index < -0.39 is 0 Å². The highest BCUT2D eigenvalue weighted by Gasteiger charge is 2.08. The molecule has 3 N–H and O–H groups in total. The number of para-hydroxylation sites is 1. The van der Waals surface area contributed by atoms with Crippen LogP contribution < -0.4 is 11.1 Å². The molecule has 4 nitrogen and oxygen atoms in total. The minimum Gasteiger partial charge on any atom is -0.330 e. The van der Waals surface area contributed by atoms with E-state index in [1.807, 2.05) is 31.2 Å². The molecule has 2 aromatic rings. The van der Waals surface area contributed by atoms with Crippen LogP contribution in [-0.2, 0) is 4.79 Å². The van der Waals surface area contributed by atoms with Gasteiger partial charge in [-0.2, -0.15) is 0 Å². The number of nitrogens with one attached hydrogen (secondary N) is 1. The van der Waals surface area contributed by atoms with Crippen LogP contribution in [0.25, 0.3) is 10.9 Å². The van der Waals surface area contributed by atoms with Gasteiger partial charge in [0.2, 0.25) is 5.91 Å². The Labute approximate surface area is 126 Å². The number of aromatic nitrogens is 1. The number of benzene rings is 1. The van der Waals surface area contributed by atoms with Gasteiger partial charge >= 0.3 is 0 Å². The molecule has 0 saturated heterocycles. The highest BCUT2D eigenvalue weighted by Crippen LogP contribution is 2.24. The van der Waals surface area contributed by atoms with E-state index in [0.29, 0.717) is 18.9 Å². The highest BCUT2D eigenvalue weighted by molar-refractivity contribution is 9.10. The second-order valence-electron chi connectivity index (χ2n) is 4.96. The summed E-state index contributed by atoms with van der Waals surface area (Å²) < 4.78 is 0.922. The minimum atomic E-state index is 0.00233. The molecule has 20 heavy (non-hydrogen) atoms. The average molecular weight is 336 g/mol. The number of hydrogen-bond acceptors (Lipinski definition) is 3. The molecule has 0 fully saturated rings. The second kappa shape index (κ2) is 6.81. The van der Waals surface area contributed by atoms with E-state index in [2.05, 4.69) is 26.2 Å². The number of fused-ring (bicyclic) bond motifs is 1. The fourth-order valence-electron chi connectivity index (χ4n) is 1.94. The minimum absolute atomic E-state index is 0.00233. The fraction of sp³-hybridized carbons (Fsp3) is 0.333. The summed E-state index contributed by atoms with van der Waals surface area (Å²) in [6, 6.07) is 7.73. The molecule has 0 aliphatic carbocycles. The topological polar surface area (TPSA) is 68.0 Å². The first-order valence-corrected chi connectivity index (χ1v) is 7.43. The predicted octanol–water partition coefficient (Wildman–Crippen LogP) is 3.31. The molecular weight excluding hydrogens is 318 g/mol. The van der Waals surface area contributed by atoms with Gasteiger partial charge in [0.05, 0.1) is 11.2 Å². The van der Waals surface area contributed by atoms with Crippen molar-refractivity contribution in [3.8, 4) is 0 Å². The third kappa shape index (κ3) is 3.77. The van der Waals surface area contributed by atoms with Crippen LogP contribution >= 0.6 is 15.9 Å². The van der Waals surface area contributed by atoms with Crippen LogP contribution in [0.4, 0.5) is 5.69 Å². The maximum atomic E-state index is 12.0. The van der Waals surface area contributed by atoms with Gasteiger partial charge < -0.3 is 11.1 Å². The van der Waals surface area contributed by atoms with Crippen molar-refractivity contribution >= 4 is 38.4 Å². The van der Waals surface area contributed by atoms with E-state index in [0.717, 1.165) is 27.5 Å². The van der Waals surface area contributed by atoms with Gasteiger partial charge in [0.25, 0.3) is 0 Å². The Morgan fingerprint density at radius 1 is 1.50 bits per heavy atom. The zero-order valence-electron chi connectivity index (χ0n) is 11.4. The van der Waals surface area contributed by atoms with Crippen molar-refractivity contribution in [1.82, 2.24) is 4.98 Å². The van der Waals surface area contributed by atoms with Crippen molar-refractivity contribution in [2.45, 2.75) is 19.8 Å². The maximum absolute atomic E-state index is 12.0. The zero-order valence-corrected chi connectivity index (χ0v) is 13.0. The SMILES string of the molecule is CC(CN)CCC(=O)Nc1cccc2cc(Br)cnc12. The van der Waals surface area contributed by atoms with Gasteiger partial charge in [-0.1, -0.05) is 19.1 Å². The first-order valence-electron chi connectivity index (χ1n) is 6.64. The van der Waals surface area contributed by atoms with Crippen molar-refractivity contribution in [3.63, 3.8) is 0 Å². The van der Waals surface area contributed by atoms with Gasteiger partial charge in [-0.25, -0.2) is 0 Å². The molecule has 1 atom stereocenters. The number of carbonyl (C=O) groups is 1. The van der Waals surface area contributed by atoms with Crippen LogP contribution in [0.15, 0.2) is 34.9 Å². The van der Waals surface area contributed by atoms with Crippen LogP contribution in [0.1, 0.15) is 19.8 Å². The van der Waals surface area contributed by atoms with E-state index >= 15 is 0 Å². The first kappa shape index (κ1) is 14.9. The third-order valence-electron chi connectivity index (χ3n) is 3.22. The molecule has 106 valence electrons. The molecule has 0 aliphatic heterocycles. The summed E-state index contributed by atoms with van der Waals surface area (Å²) >= 11 is 3.39. The molecule has 0 spiro atoms. The number of amides is 1. The lowest BCUT2D eigenvalue weighted by molar-refractivity contribution is -0.116. The molecule has 1 heterocycles. The second-order valence-corrected chi connectivity index (χ2v) is 5.87. The van der Waals surface area contributed by atoms with Crippen molar-refractivity contribution in [2.75, 3.05) is 11.9 Å². The van der Waals surface area contributed by atoms with Crippen LogP contribution in [0.2, 0.25) is 0 Å². The van der Waals surface area contributed by atoms with Crippen molar-refractivity contribution in [1.29, 1.82) is 0 Å². The van der Waals surface area contributed by atoms with E-state index in [-0.39, 0.29) is 5.91 Å². The Morgan fingerprint density at radius 2 is 2.30 bits per heavy atom. The average Bonchev–Trinajstić information content (AvgIpc) is 2.44. The smallest absolute Gasteiger partial charge is 0.224 e.